The highest BCUT2D eigenvalue weighted by Gasteiger charge is 2.35. The third kappa shape index (κ3) is 6.12. The van der Waals surface area contributed by atoms with Crippen molar-refractivity contribution >= 4 is 29.1 Å². The molecule has 0 bridgehead atoms. The first-order valence-electron chi connectivity index (χ1n) is 13.9. The molecule has 1 aliphatic rings. The van der Waals surface area contributed by atoms with E-state index in [4.69, 9.17) is 18.6 Å². The molecule has 1 atom stereocenters. The minimum atomic E-state index is -0.862. The number of hydrogen-bond acceptors (Lipinski definition) is 10. The Morgan fingerprint density at radius 1 is 1.16 bits per heavy atom. The van der Waals surface area contributed by atoms with Crippen LogP contribution in [0.2, 0.25) is 0 Å². The monoisotopic (exact) mass is 617 g/mol. The first-order valence-corrected chi connectivity index (χ1v) is 14.7. The van der Waals surface area contributed by atoms with Crippen molar-refractivity contribution in [3.63, 3.8) is 0 Å². The normalized spacial score (nSPS) is 14.9. The summed E-state index contributed by atoms with van der Waals surface area (Å²) in [6.45, 7) is 7.44. The van der Waals surface area contributed by atoms with Crippen molar-refractivity contribution in [1.82, 2.24) is 4.57 Å². The van der Waals surface area contributed by atoms with Gasteiger partial charge in [0, 0.05) is 35.9 Å². The fraction of sp³-hybridized carbons (Fsp3) is 0.281. The number of para-hydroxylation sites is 1. The van der Waals surface area contributed by atoms with Crippen molar-refractivity contribution in [3.8, 4) is 17.1 Å². The van der Waals surface area contributed by atoms with Crippen LogP contribution in [-0.2, 0) is 14.3 Å². The molecule has 0 N–H and O–H groups in total. The third-order valence-electron chi connectivity index (χ3n) is 6.93. The van der Waals surface area contributed by atoms with Gasteiger partial charge in [-0.25, -0.2) is 9.79 Å². The number of rotatable bonds is 10. The number of hydrogen-bond donors (Lipinski definition) is 0. The number of nitrogens with zero attached hydrogens (tertiary/aromatic N) is 3. The van der Waals surface area contributed by atoms with Crippen LogP contribution < -0.4 is 19.6 Å². The number of thiazole rings is 1. The predicted octanol–water partition coefficient (Wildman–Crippen LogP) is 4.69. The van der Waals surface area contributed by atoms with Crippen molar-refractivity contribution < 1.29 is 28.3 Å². The van der Waals surface area contributed by atoms with Gasteiger partial charge in [-0.15, -0.1) is 0 Å². The van der Waals surface area contributed by atoms with Gasteiger partial charge in [0.2, 0.25) is 0 Å². The third-order valence-corrected chi connectivity index (χ3v) is 7.91. The maximum atomic E-state index is 14.0. The second-order valence-electron chi connectivity index (χ2n) is 10.4. The number of esters is 1. The number of carbonyl (C=O) groups excluding carboxylic acids is 1. The number of nitro benzene ring substituents is 1. The minimum Gasteiger partial charge on any atom is -0.491 e. The van der Waals surface area contributed by atoms with Crippen molar-refractivity contribution in [2.75, 3.05) is 20.3 Å². The Balaban J connectivity index is 1.62. The van der Waals surface area contributed by atoms with Crippen LogP contribution in [0, 0.1) is 17.0 Å². The number of methoxy groups -OCH3 is 1. The van der Waals surface area contributed by atoms with Crippen LogP contribution in [0.5, 0.6) is 5.75 Å². The van der Waals surface area contributed by atoms with E-state index in [0.717, 1.165) is 11.3 Å². The summed E-state index contributed by atoms with van der Waals surface area (Å²) in [4.78, 5) is 43.5. The van der Waals surface area contributed by atoms with E-state index in [-0.39, 0.29) is 36.1 Å². The Labute approximate surface area is 256 Å². The molecule has 0 saturated heterocycles. The van der Waals surface area contributed by atoms with E-state index in [1.807, 2.05) is 32.0 Å². The molecule has 0 spiro atoms. The number of benzene rings is 2. The highest BCUT2D eigenvalue weighted by molar-refractivity contribution is 7.07. The number of nitro groups is 1. The van der Waals surface area contributed by atoms with Gasteiger partial charge in [0.25, 0.3) is 11.2 Å². The molecule has 5 rings (SSSR count). The topological polar surface area (TPSA) is 135 Å². The summed E-state index contributed by atoms with van der Waals surface area (Å²) in [5, 5.41) is 11.4. The van der Waals surface area contributed by atoms with E-state index in [1.54, 1.807) is 50.3 Å². The van der Waals surface area contributed by atoms with Gasteiger partial charge in [0.1, 0.15) is 29.9 Å². The summed E-state index contributed by atoms with van der Waals surface area (Å²) in [5.41, 5.74) is 1.95. The molecular weight excluding hydrogens is 586 g/mol. The van der Waals surface area contributed by atoms with Crippen molar-refractivity contribution in [2.24, 2.45) is 4.99 Å². The lowest BCUT2D eigenvalue weighted by Gasteiger charge is -2.27. The van der Waals surface area contributed by atoms with Crippen LogP contribution in [0.3, 0.4) is 0 Å². The number of aromatic nitrogens is 1. The lowest BCUT2D eigenvalue weighted by molar-refractivity contribution is -0.385. The number of carbonyl (C=O) groups is 1. The van der Waals surface area contributed by atoms with Crippen LogP contribution in [0.4, 0.5) is 5.69 Å². The average Bonchev–Trinajstić information content (AvgIpc) is 3.56. The summed E-state index contributed by atoms with van der Waals surface area (Å²) in [7, 11) is 1.51. The Bertz CT molecular complexity index is 1950. The molecule has 0 amide bonds. The second kappa shape index (κ2) is 12.8. The van der Waals surface area contributed by atoms with Gasteiger partial charge in [-0.2, -0.15) is 0 Å². The Kier molecular flexibility index (Phi) is 8.93. The Morgan fingerprint density at radius 3 is 2.66 bits per heavy atom. The molecule has 11 nitrogen and oxygen atoms in total. The second-order valence-corrected chi connectivity index (χ2v) is 11.4. The van der Waals surface area contributed by atoms with Gasteiger partial charge in [0.15, 0.2) is 4.80 Å². The van der Waals surface area contributed by atoms with Crippen LogP contribution in [0.15, 0.2) is 80.1 Å². The number of aryl methyl sites for hydroxylation is 1. The number of furan rings is 1. The zero-order valence-corrected chi connectivity index (χ0v) is 25.7. The summed E-state index contributed by atoms with van der Waals surface area (Å²) >= 11 is 1.16. The largest absolute Gasteiger partial charge is 0.491 e. The van der Waals surface area contributed by atoms with Gasteiger partial charge in [-0.05, 0) is 45.9 Å². The van der Waals surface area contributed by atoms with Crippen molar-refractivity contribution in [2.45, 2.75) is 39.8 Å². The number of ether oxygens (including phenoxy) is 3. The number of allylic oxidation sites excluding steroid dienone is 1. The highest BCUT2D eigenvalue weighted by Crippen LogP contribution is 2.36. The SMILES string of the molecule is COCCOC(=O)C1=C(C)N=c2s/c(=C/c3ccc(-c4ccc(C)c([N+](=O)[O-])c4)o3)c(=O)n2[C@H]1c1ccccc1OC(C)C. The molecule has 44 heavy (non-hydrogen) atoms. The lowest BCUT2D eigenvalue weighted by Crippen LogP contribution is -2.40. The molecule has 228 valence electrons. The maximum absolute atomic E-state index is 14.0. The molecule has 4 aromatic rings. The summed E-state index contributed by atoms with van der Waals surface area (Å²) in [6.07, 6.45) is 1.44. The van der Waals surface area contributed by atoms with E-state index in [2.05, 4.69) is 4.99 Å². The molecule has 0 fully saturated rings. The highest BCUT2D eigenvalue weighted by atomic mass is 32.1. The first kappa shape index (κ1) is 30.6. The molecule has 12 heteroatoms. The van der Waals surface area contributed by atoms with Gasteiger partial charge in [-0.3, -0.25) is 19.5 Å². The van der Waals surface area contributed by atoms with Crippen molar-refractivity contribution in [1.29, 1.82) is 0 Å². The number of fused-ring (bicyclic) bond motifs is 1. The first-order chi connectivity index (χ1) is 21.1. The van der Waals surface area contributed by atoms with Gasteiger partial charge < -0.3 is 18.6 Å². The van der Waals surface area contributed by atoms with E-state index in [9.17, 15) is 19.7 Å². The average molecular weight is 618 g/mol. The molecule has 2 aromatic carbocycles. The lowest BCUT2D eigenvalue weighted by atomic mass is 9.95. The zero-order chi connectivity index (χ0) is 31.5. The molecular formula is C32H31N3O8S. The fourth-order valence-electron chi connectivity index (χ4n) is 4.91. The van der Waals surface area contributed by atoms with E-state index in [1.165, 1.54) is 17.7 Å². The zero-order valence-electron chi connectivity index (χ0n) is 24.9. The van der Waals surface area contributed by atoms with Gasteiger partial charge >= 0.3 is 5.97 Å². The molecule has 0 radical (unpaired) electrons. The standard InChI is InChI=1S/C32H31N3O8S/c1-18(2)42-26-9-7-6-8-23(26)29-28(31(37)41-15-14-40-5)20(4)33-32-34(29)30(36)27(44-32)17-22-12-13-25(43-22)21-11-10-19(3)24(16-21)35(38)39/h6-13,16-18,29H,14-15H2,1-5H3/b27-17+/t29-/m0/s1. The quantitative estimate of drug-likeness (QED) is 0.108. The van der Waals surface area contributed by atoms with E-state index < -0.39 is 16.9 Å². The van der Waals surface area contributed by atoms with Crippen LogP contribution >= 0.6 is 11.3 Å². The van der Waals surface area contributed by atoms with Crippen molar-refractivity contribution in [3.05, 3.63) is 113 Å². The van der Waals surface area contributed by atoms with Crippen LogP contribution in [0.1, 0.15) is 43.7 Å². The molecule has 0 aliphatic carbocycles. The maximum Gasteiger partial charge on any atom is 0.338 e. The summed E-state index contributed by atoms with van der Waals surface area (Å²) < 4.78 is 24.4. The molecule has 2 aromatic heterocycles. The minimum absolute atomic E-state index is 0.0117. The predicted molar refractivity (Wildman–Crippen MR) is 164 cm³/mol. The van der Waals surface area contributed by atoms with Crippen LogP contribution in [0.25, 0.3) is 17.4 Å². The summed E-state index contributed by atoms with van der Waals surface area (Å²) in [5.74, 6) is 0.719. The fourth-order valence-corrected chi connectivity index (χ4v) is 5.94. The summed E-state index contributed by atoms with van der Waals surface area (Å²) in [6, 6.07) is 14.6. The van der Waals surface area contributed by atoms with Gasteiger partial charge in [-0.1, -0.05) is 41.7 Å². The molecule has 3 heterocycles. The molecule has 0 unspecified atom stereocenters. The van der Waals surface area contributed by atoms with E-state index in [0.29, 0.717) is 49.0 Å². The van der Waals surface area contributed by atoms with Gasteiger partial charge in [0.05, 0.1) is 33.4 Å². The molecule has 0 saturated carbocycles. The molecule has 1 aliphatic heterocycles. The van der Waals surface area contributed by atoms with Crippen LogP contribution in [-0.4, -0.2) is 41.9 Å². The smallest absolute Gasteiger partial charge is 0.338 e. The van der Waals surface area contributed by atoms with E-state index >= 15 is 0 Å². The Hall–Kier alpha value is -4.81. The Morgan fingerprint density at radius 2 is 1.93 bits per heavy atom.